The summed E-state index contributed by atoms with van der Waals surface area (Å²) in [6, 6.07) is 17.9. The minimum absolute atomic E-state index is 0.0775. The lowest BCUT2D eigenvalue weighted by atomic mass is 9.98. The fourth-order valence-corrected chi connectivity index (χ4v) is 3.67. The second-order valence-electron chi connectivity index (χ2n) is 6.50. The summed E-state index contributed by atoms with van der Waals surface area (Å²) < 4.78 is 29.1. The molecule has 2 N–H and O–H groups in total. The van der Waals surface area contributed by atoms with Crippen LogP contribution in [0.15, 0.2) is 86.9 Å². The topological polar surface area (TPSA) is 134 Å². The first-order valence-electron chi connectivity index (χ1n) is 8.69. The number of sulfonamides is 1. The Labute approximate surface area is 170 Å². The Morgan fingerprint density at radius 2 is 1.47 bits per heavy atom. The third-order valence-electron chi connectivity index (χ3n) is 4.61. The van der Waals surface area contributed by atoms with Crippen molar-refractivity contribution in [3.8, 4) is 22.5 Å². The highest BCUT2D eigenvalue weighted by Crippen LogP contribution is 2.33. The minimum atomic E-state index is -3.88. The average Bonchev–Trinajstić information content (AvgIpc) is 2.73. The molecule has 0 spiro atoms. The van der Waals surface area contributed by atoms with E-state index in [4.69, 9.17) is 9.56 Å². The number of para-hydroxylation sites is 1. The van der Waals surface area contributed by atoms with Gasteiger partial charge < -0.3 is 4.42 Å². The minimum Gasteiger partial charge on any atom is -0.455 e. The number of non-ortho nitro benzene ring substituents is 1. The van der Waals surface area contributed by atoms with E-state index in [9.17, 15) is 23.3 Å². The number of fused-ring (bicyclic) bond motifs is 1. The molecule has 30 heavy (non-hydrogen) atoms. The molecule has 3 aromatic carbocycles. The second kappa shape index (κ2) is 7.21. The van der Waals surface area contributed by atoms with Gasteiger partial charge in [-0.1, -0.05) is 12.1 Å². The number of rotatable bonds is 4. The van der Waals surface area contributed by atoms with Crippen LogP contribution in [-0.4, -0.2) is 13.3 Å². The molecule has 0 radical (unpaired) electrons. The van der Waals surface area contributed by atoms with Crippen molar-refractivity contribution in [3.05, 3.63) is 93.1 Å². The molecule has 9 heteroatoms. The lowest BCUT2D eigenvalue weighted by Crippen LogP contribution is -2.12. The second-order valence-corrected chi connectivity index (χ2v) is 8.07. The molecular weight excluding hydrogens is 408 g/mol. The van der Waals surface area contributed by atoms with Gasteiger partial charge >= 0.3 is 0 Å². The summed E-state index contributed by atoms with van der Waals surface area (Å²) in [5.41, 5.74) is 1.05. The predicted octanol–water partition coefficient (Wildman–Crippen LogP) is 3.68. The number of hydrogen-bond donors (Lipinski definition) is 1. The summed E-state index contributed by atoms with van der Waals surface area (Å²) in [7, 11) is -3.88. The summed E-state index contributed by atoms with van der Waals surface area (Å²) in [5.74, 6) is 0.216. The fourth-order valence-electron chi connectivity index (χ4n) is 3.15. The summed E-state index contributed by atoms with van der Waals surface area (Å²) in [5, 5.41) is 16.5. The maximum Gasteiger partial charge on any atom is 0.269 e. The molecule has 0 saturated heterocycles. The Kier molecular flexibility index (Phi) is 4.69. The zero-order valence-electron chi connectivity index (χ0n) is 15.3. The van der Waals surface area contributed by atoms with Gasteiger partial charge in [0.05, 0.1) is 20.8 Å². The summed E-state index contributed by atoms with van der Waals surface area (Å²) >= 11 is 0. The number of hydrogen-bond acceptors (Lipinski definition) is 6. The van der Waals surface area contributed by atoms with Crippen LogP contribution in [0.4, 0.5) is 5.69 Å². The SMILES string of the molecule is NS(=O)(=O)c1ccc(-c2oc3ccccc3c(=O)c2-c2ccc([N+](=O)[O-])cc2)cc1. The van der Waals surface area contributed by atoms with E-state index >= 15 is 0 Å². The van der Waals surface area contributed by atoms with Crippen LogP contribution in [0, 0.1) is 10.1 Å². The van der Waals surface area contributed by atoms with Gasteiger partial charge in [-0.3, -0.25) is 14.9 Å². The molecule has 0 bridgehead atoms. The van der Waals surface area contributed by atoms with Crippen molar-refractivity contribution < 1.29 is 17.8 Å². The van der Waals surface area contributed by atoms with Crippen molar-refractivity contribution in [2.45, 2.75) is 4.90 Å². The Hall–Kier alpha value is -3.82. The van der Waals surface area contributed by atoms with Crippen LogP contribution in [0.2, 0.25) is 0 Å². The lowest BCUT2D eigenvalue weighted by Gasteiger charge is -2.11. The van der Waals surface area contributed by atoms with Gasteiger partial charge in [0.25, 0.3) is 5.69 Å². The van der Waals surface area contributed by atoms with E-state index < -0.39 is 14.9 Å². The van der Waals surface area contributed by atoms with Gasteiger partial charge in [-0.25, -0.2) is 13.6 Å². The van der Waals surface area contributed by atoms with Crippen molar-refractivity contribution in [2.24, 2.45) is 5.14 Å². The fraction of sp³-hybridized carbons (Fsp3) is 0. The van der Waals surface area contributed by atoms with Crippen LogP contribution in [0.3, 0.4) is 0 Å². The number of benzene rings is 3. The highest BCUT2D eigenvalue weighted by molar-refractivity contribution is 7.89. The van der Waals surface area contributed by atoms with Crippen LogP contribution in [0.25, 0.3) is 33.4 Å². The Morgan fingerprint density at radius 3 is 2.07 bits per heavy atom. The summed E-state index contributed by atoms with van der Waals surface area (Å²) in [6.07, 6.45) is 0. The number of nitro benzene ring substituents is 1. The van der Waals surface area contributed by atoms with E-state index in [1.54, 1.807) is 24.3 Å². The maximum absolute atomic E-state index is 13.3. The lowest BCUT2D eigenvalue weighted by molar-refractivity contribution is -0.384. The van der Waals surface area contributed by atoms with Crippen LogP contribution in [-0.2, 0) is 10.0 Å². The first kappa shape index (κ1) is 19.5. The molecule has 1 aromatic heterocycles. The molecule has 8 nitrogen and oxygen atoms in total. The first-order valence-corrected chi connectivity index (χ1v) is 10.2. The van der Waals surface area contributed by atoms with Gasteiger partial charge in [-0.2, -0.15) is 0 Å². The number of primary sulfonamides is 1. The quantitative estimate of drug-likeness (QED) is 0.394. The highest BCUT2D eigenvalue weighted by Gasteiger charge is 2.19. The molecule has 0 saturated carbocycles. The highest BCUT2D eigenvalue weighted by atomic mass is 32.2. The van der Waals surface area contributed by atoms with E-state index in [-0.39, 0.29) is 27.3 Å². The van der Waals surface area contributed by atoms with Crippen molar-refractivity contribution in [3.63, 3.8) is 0 Å². The van der Waals surface area contributed by atoms with Gasteiger partial charge in [0, 0.05) is 17.7 Å². The molecular formula is C21H14N2O6S. The van der Waals surface area contributed by atoms with Gasteiger partial charge in [-0.15, -0.1) is 0 Å². The Morgan fingerprint density at radius 1 is 0.867 bits per heavy atom. The Balaban J connectivity index is 1.99. The predicted molar refractivity (Wildman–Crippen MR) is 111 cm³/mol. The smallest absolute Gasteiger partial charge is 0.269 e. The van der Waals surface area contributed by atoms with E-state index in [1.165, 1.54) is 48.5 Å². The van der Waals surface area contributed by atoms with Crippen molar-refractivity contribution in [1.29, 1.82) is 0 Å². The molecule has 4 rings (SSSR count). The number of nitro groups is 1. The number of nitrogens with zero attached hydrogens (tertiary/aromatic N) is 1. The third kappa shape index (κ3) is 3.47. The van der Waals surface area contributed by atoms with E-state index in [1.807, 2.05) is 0 Å². The number of nitrogens with two attached hydrogens (primary N) is 1. The maximum atomic E-state index is 13.3. The van der Waals surface area contributed by atoms with Crippen LogP contribution < -0.4 is 10.6 Å². The summed E-state index contributed by atoms with van der Waals surface area (Å²) in [6.45, 7) is 0. The molecule has 0 fully saturated rings. The van der Waals surface area contributed by atoms with Crippen LogP contribution in [0.5, 0.6) is 0 Å². The van der Waals surface area contributed by atoms with Crippen molar-refractivity contribution in [1.82, 2.24) is 0 Å². The van der Waals surface area contributed by atoms with Gasteiger partial charge in [-0.05, 0) is 54.1 Å². The zero-order valence-corrected chi connectivity index (χ0v) is 16.1. The average molecular weight is 422 g/mol. The molecule has 0 aliphatic rings. The molecule has 0 aliphatic carbocycles. The molecule has 0 amide bonds. The standard InChI is InChI=1S/C21H14N2O6S/c22-30(27,28)16-11-7-14(8-12-16)21-19(13-5-9-15(10-6-13)23(25)26)20(24)17-3-1-2-4-18(17)29-21/h1-12H,(H2,22,27,28). The van der Waals surface area contributed by atoms with Gasteiger partial charge in [0.15, 0.2) is 0 Å². The molecule has 0 aliphatic heterocycles. The van der Waals surface area contributed by atoms with E-state index in [0.29, 0.717) is 22.1 Å². The largest absolute Gasteiger partial charge is 0.455 e. The van der Waals surface area contributed by atoms with Gasteiger partial charge in [0.2, 0.25) is 15.5 Å². The van der Waals surface area contributed by atoms with Crippen LogP contribution in [0.1, 0.15) is 0 Å². The molecule has 150 valence electrons. The summed E-state index contributed by atoms with van der Waals surface area (Å²) in [4.78, 5) is 23.6. The monoisotopic (exact) mass is 422 g/mol. The normalized spacial score (nSPS) is 11.5. The molecule has 0 atom stereocenters. The third-order valence-corrected chi connectivity index (χ3v) is 5.54. The van der Waals surface area contributed by atoms with Crippen LogP contribution >= 0.6 is 0 Å². The molecule has 4 aromatic rings. The van der Waals surface area contributed by atoms with Crippen molar-refractivity contribution in [2.75, 3.05) is 0 Å². The zero-order chi connectivity index (χ0) is 21.5. The van der Waals surface area contributed by atoms with E-state index in [2.05, 4.69) is 0 Å². The van der Waals surface area contributed by atoms with Gasteiger partial charge in [0.1, 0.15) is 11.3 Å². The Bertz CT molecular complexity index is 1440. The molecule has 1 heterocycles. The van der Waals surface area contributed by atoms with E-state index in [0.717, 1.165) is 0 Å². The molecule has 0 unspecified atom stereocenters. The first-order chi connectivity index (χ1) is 14.3. The van der Waals surface area contributed by atoms with Crippen molar-refractivity contribution >= 4 is 26.7 Å².